The van der Waals surface area contributed by atoms with E-state index in [1.807, 2.05) is 54.6 Å². The second-order valence-electron chi connectivity index (χ2n) is 6.30. The van der Waals surface area contributed by atoms with Crippen molar-refractivity contribution < 1.29 is 14.7 Å². The summed E-state index contributed by atoms with van der Waals surface area (Å²) in [7, 11) is 0. The molecule has 2 N–H and O–H groups in total. The Balaban J connectivity index is 1.77. The maximum Gasteiger partial charge on any atom is 0.306 e. The van der Waals surface area contributed by atoms with Crippen LogP contribution in [-0.4, -0.2) is 17.0 Å². The zero-order valence-electron chi connectivity index (χ0n) is 13.4. The molecule has 3 rings (SSSR count). The third-order valence-electron chi connectivity index (χ3n) is 4.66. The summed E-state index contributed by atoms with van der Waals surface area (Å²) in [4.78, 5) is 23.8. The lowest BCUT2D eigenvalue weighted by atomic mass is 9.81. The Kier molecular flexibility index (Phi) is 4.94. The predicted molar refractivity (Wildman–Crippen MR) is 93.6 cm³/mol. The Bertz CT molecular complexity index is 727. The van der Waals surface area contributed by atoms with Crippen molar-refractivity contribution in [3.05, 3.63) is 54.6 Å². The number of nitrogens with one attached hydrogen (secondary N) is 1. The summed E-state index contributed by atoms with van der Waals surface area (Å²) in [6, 6.07) is 17.6. The van der Waals surface area contributed by atoms with E-state index in [1.54, 1.807) is 0 Å². The summed E-state index contributed by atoms with van der Waals surface area (Å²) in [5.74, 6) is -1.51. The molecule has 2 atom stereocenters. The van der Waals surface area contributed by atoms with Crippen molar-refractivity contribution in [2.45, 2.75) is 25.7 Å². The molecule has 1 aliphatic carbocycles. The van der Waals surface area contributed by atoms with Gasteiger partial charge in [-0.2, -0.15) is 0 Å². The van der Waals surface area contributed by atoms with Gasteiger partial charge in [0.1, 0.15) is 0 Å². The van der Waals surface area contributed by atoms with Gasteiger partial charge in [0.2, 0.25) is 5.91 Å². The number of rotatable bonds is 4. The van der Waals surface area contributed by atoms with Crippen molar-refractivity contribution in [1.82, 2.24) is 0 Å². The van der Waals surface area contributed by atoms with Gasteiger partial charge in [-0.25, -0.2) is 0 Å². The van der Waals surface area contributed by atoms with Gasteiger partial charge in [-0.05, 0) is 30.9 Å². The molecule has 0 heterocycles. The monoisotopic (exact) mass is 323 g/mol. The van der Waals surface area contributed by atoms with Gasteiger partial charge in [0.15, 0.2) is 0 Å². The highest BCUT2D eigenvalue weighted by molar-refractivity contribution is 5.97. The minimum absolute atomic E-state index is 0.0793. The topological polar surface area (TPSA) is 66.4 Å². The van der Waals surface area contributed by atoms with Gasteiger partial charge in [-0.3, -0.25) is 9.59 Å². The molecule has 1 amide bonds. The van der Waals surface area contributed by atoms with Crippen LogP contribution >= 0.6 is 0 Å². The Morgan fingerprint density at radius 1 is 0.917 bits per heavy atom. The molecule has 1 saturated carbocycles. The molecule has 124 valence electrons. The first-order chi connectivity index (χ1) is 11.6. The van der Waals surface area contributed by atoms with Gasteiger partial charge >= 0.3 is 5.97 Å². The average molecular weight is 323 g/mol. The Morgan fingerprint density at radius 3 is 2.33 bits per heavy atom. The molecule has 2 aromatic carbocycles. The lowest BCUT2D eigenvalue weighted by molar-refractivity contribution is -0.143. The minimum Gasteiger partial charge on any atom is -0.481 e. The van der Waals surface area contributed by atoms with Crippen molar-refractivity contribution in [1.29, 1.82) is 0 Å². The maximum absolute atomic E-state index is 12.6. The summed E-state index contributed by atoms with van der Waals surface area (Å²) in [6.07, 6.45) is 2.63. The summed E-state index contributed by atoms with van der Waals surface area (Å²) in [6.45, 7) is 0. The summed E-state index contributed by atoms with van der Waals surface area (Å²) in [5, 5.41) is 12.2. The van der Waals surface area contributed by atoms with Crippen LogP contribution in [-0.2, 0) is 9.59 Å². The smallest absolute Gasteiger partial charge is 0.306 e. The maximum atomic E-state index is 12.6. The standard InChI is InChI=1S/C20H21NO3/c22-19(15-9-6-10-16(13-15)20(23)24)21-18-12-5-4-11-17(18)14-7-2-1-3-8-14/h1-5,7-8,11-12,15-16H,6,9-10,13H2,(H,21,22)(H,23,24). The van der Waals surface area contributed by atoms with Gasteiger partial charge in [-0.15, -0.1) is 0 Å². The van der Waals surface area contributed by atoms with Crippen LogP contribution in [0.3, 0.4) is 0 Å². The van der Waals surface area contributed by atoms with Crippen LogP contribution in [0.4, 0.5) is 5.69 Å². The molecule has 0 aromatic heterocycles. The number of benzene rings is 2. The molecular formula is C20H21NO3. The zero-order valence-corrected chi connectivity index (χ0v) is 13.4. The number of hydrogen-bond acceptors (Lipinski definition) is 2. The van der Waals surface area contributed by atoms with Crippen LogP contribution in [0.1, 0.15) is 25.7 Å². The van der Waals surface area contributed by atoms with Crippen LogP contribution in [0.2, 0.25) is 0 Å². The molecule has 4 nitrogen and oxygen atoms in total. The molecule has 0 aliphatic heterocycles. The number of carboxylic acids is 1. The van der Waals surface area contributed by atoms with E-state index in [0.717, 1.165) is 29.7 Å². The van der Waals surface area contributed by atoms with Crippen molar-refractivity contribution in [3.63, 3.8) is 0 Å². The normalized spacial score (nSPS) is 20.3. The Hall–Kier alpha value is -2.62. The summed E-state index contributed by atoms with van der Waals surface area (Å²) >= 11 is 0. The van der Waals surface area contributed by atoms with Crippen LogP contribution < -0.4 is 5.32 Å². The Labute approximate surface area is 141 Å². The zero-order chi connectivity index (χ0) is 16.9. The van der Waals surface area contributed by atoms with E-state index in [1.165, 1.54) is 0 Å². The number of carbonyl (C=O) groups is 2. The molecule has 4 heteroatoms. The second-order valence-corrected chi connectivity index (χ2v) is 6.30. The van der Waals surface area contributed by atoms with Crippen LogP contribution in [0, 0.1) is 11.8 Å². The van der Waals surface area contributed by atoms with E-state index in [9.17, 15) is 14.7 Å². The first-order valence-corrected chi connectivity index (χ1v) is 8.33. The minimum atomic E-state index is -0.794. The summed E-state index contributed by atoms with van der Waals surface area (Å²) in [5.41, 5.74) is 2.78. The third kappa shape index (κ3) is 3.65. The number of carbonyl (C=O) groups excluding carboxylic acids is 1. The van der Waals surface area contributed by atoms with E-state index < -0.39 is 11.9 Å². The lowest BCUT2D eigenvalue weighted by Crippen LogP contribution is -2.31. The number of para-hydroxylation sites is 1. The first-order valence-electron chi connectivity index (χ1n) is 8.33. The Morgan fingerprint density at radius 2 is 1.58 bits per heavy atom. The fourth-order valence-corrected chi connectivity index (χ4v) is 3.35. The van der Waals surface area contributed by atoms with Crippen molar-refractivity contribution in [3.8, 4) is 11.1 Å². The van der Waals surface area contributed by atoms with E-state index in [2.05, 4.69) is 5.32 Å². The lowest BCUT2D eigenvalue weighted by Gasteiger charge is -2.26. The number of carboxylic acid groups (broad SMARTS) is 1. The quantitative estimate of drug-likeness (QED) is 0.887. The second kappa shape index (κ2) is 7.30. The molecule has 0 radical (unpaired) electrons. The molecule has 1 fully saturated rings. The fourth-order valence-electron chi connectivity index (χ4n) is 3.35. The highest BCUT2D eigenvalue weighted by Crippen LogP contribution is 2.32. The summed E-state index contributed by atoms with van der Waals surface area (Å²) < 4.78 is 0. The molecular weight excluding hydrogens is 302 g/mol. The largest absolute Gasteiger partial charge is 0.481 e. The number of hydrogen-bond donors (Lipinski definition) is 2. The predicted octanol–water partition coefficient (Wildman–Crippen LogP) is 4.18. The van der Waals surface area contributed by atoms with E-state index in [0.29, 0.717) is 12.8 Å². The van der Waals surface area contributed by atoms with Crippen molar-refractivity contribution >= 4 is 17.6 Å². The van der Waals surface area contributed by atoms with E-state index in [-0.39, 0.29) is 11.8 Å². The van der Waals surface area contributed by atoms with Gasteiger partial charge in [-0.1, -0.05) is 55.0 Å². The van der Waals surface area contributed by atoms with Crippen LogP contribution in [0.25, 0.3) is 11.1 Å². The average Bonchev–Trinajstić information content (AvgIpc) is 2.63. The molecule has 2 unspecified atom stereocenters. The number of anilines is 1. The van der Waals surface area contributed by atoms with E-state index >= 15 is 0 Å². The van der Waals surface area contributed by atoms with Crippen molar-refractivity contribution in [2.24, 2.45) is 11.8 Å². The number of amides is 1. The van der Waals surface area contributed by atoms with Crippen LogP contribution in [0.15, 0.2) is 54.6 Å². The highest BCUT2D eigenvalue weighted by atomic mass is 16.4. The van der Waals surface area contributed by atoms with E-state index in [4.69, 9.17) is 0 Å². The van der Waals surface area contributed by atoms with Crippen LogP contribution in [0.5, 0.6) is 0 Å². The van der Waals surface area contributed by atoms with Gasteiger partial charge in [0.05, 0.1) is 5.92 Å². The molecule has 0 spiro atoms. The molecule has 1 aliphatic rings. The molecule has 0 saturated heterocycles. The third-order valence-corrected chi connectivity index (χ3v) is 4.66. The molecule has 0 bridgehead atoms. The highest BCUT2D eigenvalue weighted by Gasteiger charge is 2.31. The van der Waals surface area contributed by atoms with Gasteiger partial charge in [0, 0.05) is 17.2 Å². The molecule has 24 heavy (non-hydrogen) atoms. The van der Waals surface area contributed by atoms with Gasteiger partial charge < -0.3 is 10.4 Å². The SMILES string of the molecule is O=C(O)C1CCCC(C(=O)Nc2ccccc2-c2ccccc2)C1. The first kappa shape index (κ1) is 16.2. The molecule has 2 aromatic rings. The fraction of sp³-hybridized carbons (Fsp3) is 0.300. The van der Waals surface area contributed by atoms with Gasteiger partial charge in [0.25, 0.3) is 0 Å². The number of aliphatic carboxylic acids is 1. The van der Waals surface area contributed by atoms with Crippen molar-refractivity contribution in [2.75, 3.05) is 5.32 Å².